The molecule has 2 aromatic carbocycles. The van der Waals surface area contributed by atoms with Gasteiger partial charge >= 0.3 is 11.9 Å². The molecule has 0 amide bonds. The first-order valence-electron chi connectivity index (χ1n) is 8.71. The summed E-state index contributed by atoms with van der Waals surface area (Å²) in [5.41, 5.74) is 0.979. The highest BCUT2D eigenvalue weighted by Gasteiger charge is 2.23. The second-order valence-corrected chi connectivity index (χ2v) is 7.87. The molecule has 0 spiro atoms. The Morgan fingerprint density at radius 1 is 1.00 bits per heavy atom. The molecule has 0 aliphatic heterocycles. The van der Waals surface area contributed by atoms with Gasteiger partial charge in [0.15, 0.2) is 0 Å². The van der Waals surface area contributed by atoms with Gasteiger partial charge in [-0.3, -0.25) is 4.72 Å². The van der Waals surface area contributed by atoms with Crippen molar-refractivity contribution in [2.24, 2.45) is 0 Å². The molecule has 1 N–H and O–H groups in total. The molecule has 0 aliphatic rings. The largest absolute Gasteiger partial charge is 0.460 e. The number of anilines is 1. The lowest BCUT2D eigenvalue weighted by atomic mass is 10.1. The Labute approximate surface area is 167 Å². The predicted molar refractivity (Wildman–Crippen MR) is 106 cm³/mol. The summed E-state index contributed by atoms with van der Waals surface area (Å²) in [7, 11) is -3.58. The fraction of sp³-hybridized carbons (Fsp3) is 0.200. The zero-order valence-electron chi connectivity index (χ0n) is 15.8. The summed E-state index contributed by atoms with van der Waals surface area (Å²) in [5, 5.41) is 0.617. The van der Waals surface area contributed by atoms with Gasteiger partial charge in [0.2, 0.25) is 15.8 Å². The van der Waals surface area contributed by atoms with Crippen LogP contribution < -0.4 is 4.72 Å². The monoisotopic (exact) mass is 417 g/mol. The maximum Gasteiger partial charge on any atom is 0.374 e. The van der Waals surface area contributed by atoms with E-state index in [9.17, 15) is 18.0 Å². The smallest absolute Gasteiger partial charge is 0.374 e. The van der Waals surface area contributed by atoms with Gasteiger partial charge in [-0.1, -0.05) is 30.3 Å². The van der Waals surface area contributed by atoms with E-state index in [1.54, 1.807) is 43.3 Å². The van der Waals surface area contributed by atoms with Crippen LogP contribution >= 0.6 is 0 Å². The third-order valence-electron chi connectivity index (χ3n) is 3.95. The van der Waals surface area contributed by atoms with Crippen molar-refractivity contribution in [3.8, 4) is 0 Å². The quantitative estimate of drug-likeness (QED) is 0.587. The minimum Gasteiger partial charge on any atom is -0.460 e. The van der Waals surface area contributed by atoms with Gasteiger partial charge in [-0.15, -0.1) is 0 Å². The molecule has 1 heterocycles. The van der Waals surface area contributed by atoms with E-state index >= 15 is 0 Å². The molecule has 0 aliphatic carbocycles. The van der Waals surface area contributed by atoms with Crippen LogP contribution in [0.5, 0.6) is 0 Å². The number of hydrogen-bond donors (Lipinski definition) is 1. The third-order valence-corrected chi connectivity index (χ3v) is 4.54. The molecule has 0 atom stereocenters. The van der Waals surface area contributed by atoms with Gasteiger partial charge in [0, 0.05) is 5.39 Å². The fourth-order valence-electron chi connectivity index (χ4n) is 2.77. The Morgan fingerprint density at radius 3 is 2.41 bits per heavy atom. The van der Waals surface area contributed by atoms with Crippen LogP contribution in [0.4, 0.5) is 5.69 Å². The number of hydrogen-bond acceptors (Lipinski definition) is 7. The van der Waals surface area contributed by atoms with E-state index in [1.807, 2.05) is 0 Å². The summed E-state index contributed by atoms with van der Waals surface area (Å²) in [6.07, 6.45) is 0.984. The van der Waals surface area contributed by atoms with Crippen molar-refractivity contribution in [3.63, 3.8) is 0 Å². The lowest BCUT2D eigenvalue weighted by molar-refractivity contribution is 0.0436. The van der Waals surface area contributed by atoms with Crippen molar-refractivity contribution < 1.29 is 31.9 Å². The number of carbonyl (C=O) groups is 2. The van der Waals surface area contributed by atoms with Gasteiger partial charge in [0.05, 0.1) is 29.7 Å². The highest BCUT2D eigenvalue weighted by atomic mass is 32.2. The Morgan fingerprint density at radius 2 is 1.69 bits per heavy atom. The molecule has 0 bridgehead atoms. The maximum absolute atomic E-state index is 12.6. The maximum atomic E-state index is 12.6. The topological polar surface area (TPSA) is 112 Å². The van der Waals surface area contributed by atoms with Crippen LogP contribution in [-0.2, 0) is 26.1 Å². The first kappa shape index (κ1) is 20.4. The SMILES string of the molecule is CCOC(=O)c1oc2ccccc2c1COC(=O)c1ccccc1NS(C)(=O)=O. The lowest BCUT2D eigenvalue weighted by Crippen LogP contribution is -2.15. The van der Waals surface area contributed by atoms with Crippen molar-refractivity contribution in [1.82, 2.24) is 0 Å². The first-order valence-corrected chi connectivity index (χ1v) is 10.6. The summed E-state index contributed by atoms with van der Waals surface area (Å²) >= 11 is 0. The van der Waals surface area contributed by atoms with E-state index < -0.39 is 22.0 Å². The van der Waals surface area contributed by atoms with Gasteiger partial charge < -0.3 is 13.9 Å². The molecule has 0 saturated heterocycles. The van der Waals surface area contributed by atoms with Crippen LogP contribution in [0.15, 0.2) is 52.9 Å². The third kappa shape index (κ3) is 4.75. The second kappa shape index (κ2) is 8.36. The summed E-state index contributed by atoms with van der Waals surface area (Å²) in [4.78, 5) is 24.8. The van der Waals surface area contributed by atoms with Crippen LogP contribution in [0.2, 0.25) is 0 Å². The molecule has 8 nitrogen and oxygen atoms in total. The van der Waals surface area contributed by atoms with Crippen molar-refractivity contribution in [3.05, 3.63) is 65.4 Å². The molecule has 9 heteroatoms. The Kier molecular flexibility index (Phi) is 5.88. The number of carbonyl (C=O) groups excluding carboxylic acids is 2. The molecule has 3 aromatic rings. The zero-order chi connectivity index (χ0) is 21.0. The Hall–Kier alpha value is -3.33. The molecule has 3 rings (SSSR count). The molecular formula is C20H19NO7S. The van der Waals surface area contributed by atoms with Crippen LogP contribution in [0, 0.1) is 0 Å². The average molecular weight is 417 g/mol. The van der Waals surface area contributed by atoms with Crippen molar-refractivity contribution in [1.29, 1.82) is 0 Å². The van der Waals surface area contributed by atoms with Crippen LogP contribution in [0.3, 0.4) is 0 Å². The molecule has 1 aromatic heterocycles. The molecule has 29 heavy (non-hydrogen) atoms. The standard InChI is InChI=1S/C20H19NO7S/c1-3-26-20(23)18-15(13-8-5-7-11-17(13)28-18)12-27-19(22)14-9-4-6-10-16(14)21-29(2,24)25/h4-11,21H,3,12H2,1-2H3. The van der Waals surface area contributed by atoms with Crippen molar-refractivity contribution >= 4 is 38.6 Å². The number of furan rings is 1. The van der Waals surface area contributed by atoms with Crippen LogP contribution in [0.1, 0.15) is 33.4 Å². The Bertz CT molecular complexity index is 1160. The van der Waals surface area contributed by atoms with E-state index in [1.165, 1.54) is 12.1 Å². The number of nitrogens with one attached hydrogen (secondary N) is 1. The molecular weight excluding hydrogens is 398 g/mol. The van der Waals surface area contributed by atoms with Crippen LogP contribution in [0.25, 0.3) is 11.0 Å². The summed E-state index contributed by atoms with van der Waals surface area (Å²) in [6.45, 7) is 1.59. The minimum atomic E-state index is -3.58. The molecule has 152 valence electrons. The summed E-state index contributed by atoms with van der Waals surface area (Å²) in [5.74, 6) is -1.45. The number of benzene rings is 2. The van der Waals surface area contributed by atoms with Crippen molar-refractivity contribution in [2.45, 2.75) is 13.5 Å². The van der Waals surface area contributed by atoms with E-state index in [0.717, 1.165) is 6.26 Å². The molecule has 0 unspecified atom stereocenters. The first-order chi connectivity index (χ1) is 13.8. The van der Waals surface area contributed by atoms with E-state index in [-0.39, 0.29) is 30.2 Å². The van der Waals surface area contributed by atoms with E-state index in [4.69, 9.17) is 13.9 Å². The lowest BCUT2D eigenvalue weighted by Gasteiger charge is -2.10. The number of sulfonamides is 1. The zero-order valence-corrected chi connectivity index (χ0v) is 16.6. The van der Waals surface area contributed by atoms with Gasteiger partial charge in [-0.2, -0.15) is 0 Å². The molecule has 0 fully saturated rings. The second-order valence-electron chi connectivity index (χ2n) is 6.12. The Balaban J connectivity index is 1.89. The minimum absolute atomic E-state index is 0.0385. The van der Waals surface area contributed by atoms with Gasteiger partial charge in [-0.05, 0) is 25.1 Å². The molecule has 0 radical (unpaired) electrons. The average Bonchev–Trinajstić information content (AvgIpc) is 3.04. The fourth-order valence-corrected chi connectivity index (χ4v) is 3.35. The number of fused-ring (bicyclic) bond motifs is 1. The van der Waals surface area contributed by atoms with Gasteiger partial charge in [-0.25, -0.2) is 18.0 Å². The van der Waals surface area contributed by atoms with Crippen molar-refractivity contribution in [2.75, 3.05) is 17.6 Å². The number of rotatable bonds is 7. The normalized spacial score (nSPS) is 11.2. The van der Waals surface area contributed by atoms with Gasteiger partial charge in [0.1, 0.15) is 12.2 Å². The molecule has 0 saturated carbocycles. The summed E-state index contributed by atoms with van der Waals surface area (Å²) < 4.78 is 41.3. The summed E-state index contributed by atoms with van der Waals surface area (Å²) in [6, 6.07) is 13.0. The number of para-hydroxylation sites is 2. The predicted octanol–water partition coefficient (Wildman–Crippen LogP) is 3.34. The van der Waals surface area contributed by atoms with Crippen LogP contribution in [-0.4, -0.2) is 33.2 Å². The van der Waals surface area contributed by atoms with E-state index in [2.05, 4.69) is 4.72 Å². The van der Waals surface area contributed by atoms with E-state index in [0.29, 0.717) is 16.5 Å². The highest BCUT2D eigenvalue weighted by molar-refractivity contribution is 7.92. The highest BCUT2D eigenvalue weighted by Crippen LogP contribution is 2.28. The number of ether oxygens (including phenoxy) is 2. The number of esters is 2. The van der Waals surface area contributed by atoms with Gasteiger partial charge in [0.25, 0.3) is 0 Å².